The van der Waals surface area contributed by atoms with Crippen LogP contribution >= 0.6 is 23.2 Å². The lowest BCUT2D eigenvalue weighted by Crippen LogP contribution is -2.00. The molecule has 0 atom stereocenters. The highest BCUT2D eigenvalue weighted by Gasteiger charge is 2.08. The highest BCUT2D eigenvalue weighted by Crippen LogP contribution is 2.31. The van der Waals surface area contributed by atoms with Gasteiger partial charge in [-0.25, -0.2) is 0 Å². The molecule has 0 bridgehead atoms. The lowest BCUT2D eigenvalue weighted by atomic mass is 10.2. The Balaban J connectivity index is 1.82. The van der Waals surface area contributed by atoms with E-state index in [2.05, 4.69) is 15.5 Å². The topological polar surface area (TPSA) is 60.9 Å². The standard InChI is InChI=1S/C14H11Cl2N3O/c15-10-3-9(14(20)12(16)4-10)6-17-11-2-1-8-7-18-19-13(8)5-11/h1-5,7,17,20H,6H2,(H,18,19). The molecule has 4 nitrogen and oxygen atoms in total. The zero-order valence-corrected chi connectivity index (χ0v) is 11.8. The second kappa shape index (κ2) is 5.23. The van der Waals surface area contributed by atoms with E-state index in [-0.39, 0.29) is 10.8 Å². The van der Waals surface area contributed by atoms with Crippen molar-refractivity contribution in [3.05, 3.63) is 52.1 Å². The molecule has 20 heavy (non-hydrogen) atoms. The molecule has 1 heterocycles. The van der Waals surface area contributed by atoms with E-state index in [9.17, 15) is 5.11 Å². The van der Waals surface area contributed by atoms with E-state index < -0.39 is 0 Å². The van der Waals surface area contributed by atoms with Crippen LogP contribution in [0.4, 0.5) is 5.69 Å². The number of benzene rings is 2. The van der Waals surface area contributed by atoms with E-state index >= 15 is 0 Å². The third-order valence-electron chi connectivity index (χ3n) is 3.03. The van der Waals surface area contributed by atoms with Crippen molar-refractivity contribution in [3.63, 3.8) is 0 Å². The first kappa shape index (κ1) is 13.1. The predicted molar refractivity (Wildman–Crippen MR) is 81.5 cm³/mol. The fourth-order valence-corrected chi connectivity index (χ4v) is 2.53. The molecular weight excluding hydrogens is 297 g/mol. The van der Waals surface area contributed by atoms with Crippen molar-refractivity contribution in [2.75, 3.05) is 5.32 Å². The second-order valence-electron chi connectivity index (χ2n) is 4.42. The average molecular weight is 308 g/mol. The van der Waals surface area contributed by atoms with Gasteiger partial charge in [0.05, 0.1) is 16.7 Å². The van der Waals surface area contributed by atoms with Crippen LogP contribution in [-0.2, 0) is 6.54 Å². The van der Waals surface area contributed by atoms with Gasteiger partial charge in [0.25, 0.3) is 0 Å². The van der Waals surface area contributed by atoms with Crippen molar-refractivity contribution in [2.24, 2.45) is 0 Å². The summed E-state index contributed by atoms with van der Waals surface area (Å²) < 4.78 is 0. The van der Waals surface area contributed by atoms with E-state index in [4.69, 9.17) is 23.2 Å². The summed E-state index contributed by atoms with van der Waals surface area (Å²) >= 11 is 11.8. The highest BCUT2D eigenvalue weighted by atomic mass is 35.5. The minimum atomic E-state index is 0.0474. The monoisotopic (exact) mass is 307 g/mol. The van der Waals surface area contributed by atoms with E-state index in [1.54, 1.807) is 12.3 Å². The third kappa shape index (κ3) is 2.53. The fourth-order valence-electron chi connectivity index (χ4n) is 2.00. The predicted octanol–water partition coefficient (Wildman–Crippen LogP) is 4.19. The molecule has 0 unspecified atom stereocenters. The SMILES string of the molecule is Oc1c(Cl)cc(Cl)cc1CNc1ccc2cn[nH]c2c1. The summed E-state index contributed by atoms with van der Waals surface area (Å²) in [6.07, 6.45) is 1.77. The van der Waals surface area contributed by atoms with Crippen molar-refractivity contribution in [2.45, 2.75) is 6.54 Å². The number of aromatic hydroxyl groups is 1. The molecule has 0 radical (unpaired) electrons. The molecule has 3 N–H and O–H groups in total. The normalized spacial score (nSPS) is 10.9. The Morgan fingerprint density at radius 2 is 2.05 bits per heavy atom. The number of hydrogen-bond acceptors (Lipinski definition) is 3. The summed E-state index contributed by atoms with van der Waals surface area (Å²) in [7, 11) is 0. The molecule has 2 aromatic carbocycles. The van der Waals surface area contributed by atoms with E-state index in [1.165, 1.54) is 6.07 Å². The first-order valence-electron chi connectivity index (χ1n) is 5.97. The summed E-state index contributed by atoms with van der Waals surface area (Å²) in [6.45, 7) is 0.422. The molecule has 0 fully saturated rings. The number of nitrogens with one attached hydrogen (secondary N) is 2. The van der Waals surface area contributed by atoms with Gasteiger partial charge in [-0.3, -0.25) is 5.10 Å². The van der Waals surface area contributed by atoms with Crippen LogP contribution in [0.25, 0.3) is 10.9 Å². The first-order valence-corrected chi connectivity index (χ1v) is 6.73. The zero-order chi connectivity index (χ0) is 14.1. The Bertz CT molecular complexity index is 770. The van der Waals surface area contributed by atoms with E-state index in [1.807, 2.05) is 18.2 Å². The van der Waals surface area contributed by atoms with Crippen LogP contribution in [-0.4, -0.2) is 15.3 Å². The number of H-pyrrole nitrogens is 1. The minimum Gasteiger partial charge on any atom is -0.506 e. The second-order valence-corrected chi connectivity index (χ2v) is 5.26. The summed E-state index contributed by atoms with van der Waals surface area (Å²) in [5, 5.41) is 21.8. The molecule has 3 rings (SSSR count). The Morgan fingerprint density at radius 1 is 1.20 bits per heavy atom. The molecule has 3 aromatic rings. The van der Waals surface area contributed by atoms with Crippen molar-refractivity contribution in [1.82, 2.24) is 10.2 Å². The molecule has 1 aromatic heterocycles. The van der Waals surface area contributed by atoms with Crippen LogP contribution in [0.2, 0.25) is 10.0 Å². The molecule has 6 heteroatoms. The molecule has 102 valence electrons. The maximum Gasteiger partial charge on any atom is 0.139 e. The Kier molecular flexibility index (Phi) is 3.42. The minimum absolute atomic E-state index is 0.0474. The van der Waals surface area contributed by atoms with Gasteiger partial charge in [-0.05, 0) is 30.3 Å². The van der Waals surface area contributed by atoms with Crippen LogP contribution in [0.5, 0.6) is 5.75 Å². The molecule has 0 saturated heterocycles. The van der Waals surface area contributed by atoms with Crippen LogP contribution in [0.1, 0.15) is 5.56 Å². The van der Waals surface area contributed by atoms with Crippen LogP contribution in [0.15, 0.2) is 36.5 Å². The van der Waals surface area contributed by atoms with Gasteiger partial charge in [0.1, 0.15) is 5.75 Å². The highest BCUT2D eigenvalue weighted by molar-refractivity contribution is 6.35. The number of hydrogen-bond donors (Lipinski definition) is 3. The molecular formula is C14H11Cl2N3O. The summed E-state index contributed by atoms with van der Waals surface area (Å²) in [5.74, 6) is 0.0474. The lowest BCUT2D eigenvalue weighted by molar-refractivity contribution is 0.469. The third-order valence-corrected chi connectivity index (χ3v) is 3.54. The fraction of sp³-hybridized carbons (Fsp3) is 0.0714. The van der Waals surface area contributed by atoms with Gasteiger partial charge < -0.3 is 10.4 Å². The smallest absolute Gasteiger partial charge is 0.139 e. The Morgan fingerprint density at radius 3 is 2.90 bits per heavy atom. The average Bonchev–Trinajstić information content (AvgIpc) is 2.88. The molecule has 0 aliphatic carbocycles. The molecule has 0 spiro atoms. The maximum atomic E-state index is 9.89. The van der Waals surface area contributed by atoms with Gasteiger partial charge in [0, 0.05) is 28.2 Å². The van der Waals surface area contributed by atoms with Gasteiger partial charge >= 0.3 is 0 Å². The summed E-state index contributed by atoms with van der Waals surface area (Å²) in [6, 6.07) is 9.06. The largest absolute Gasteiger partial charge is 0.506 e. The molecule has 0 aliphatic rings. The quantitative estimate of drug-likeness (QED) is 0.680. The summed E-state index contributed by atoms with van der Waals surface area (Å²) in [4.78, 5) is 0. The summed E-state index contributed by atoms with van der Waals surface area (Å²) in [5.41, 5.74) is 2.51. The maximum absolute atomic E-state index is 9.89. The van der Waals surface area contributed by atoms with E-state index in [0.717, 1.165) is 16.6 Å². The molecule has 0 saturated carbocycles. The first-order chi connectivity index (χ1) is 9.63. The Hall–Kier alpha value is -1.91. The van der Waals surface area contributed by atoms with Gasteiger partial charge in [0.15, 0.2) is 0 Å². The van der Waals surface area contributed by atoms with Crippen molar-refractivity contribution in [3.8, 4) is 5.75 Å². The number of phenolic OH excluding ortho intramolecular Hbond substituents is 1. The van der Waals surface area contributed by atoms with Gasteiger partial charge in [-0.15, -0.1) is 0 Å². The number of rotatable bonds is 3. The number of halogens is 2. The number of phenols is 1. The number of aromatic nitrogens is 2. The van der Waals surface area contributed by atoms with Crippen molar-refractivity contribution >= 4 is 39.8 Å². The number of anilines is 1. The lowest BCUT2D eigenvalue weighted by Gasteiger charge is -2.10. The van der Waals surface area contributed by atoms with E-state index in [0.29, 0.717) is 17.1 Å². The van der Waals surface area contributed by atoms with Crippen LogP contribution in [0.3, 0.4) is 0 Å². The number of aromatic amines is 1. The van der Waals surface area contributed by atoms with Gasteiger partial charge in [-0.1, -0.05) is 23.2 Å². The van der Waals surface area contributed by atoms with Crippen LogP contribution < -0.4 is 5.32 Å². The van der Waals surface area contributed by atoms with Crippen LogP contribution in [0, 0.1) is 0 Å². The number of fused-ring (bicyclic) bond motifs is 1. The van der Waals surface area contributed by atoms with Gasteiger partial charge in [0.2, 0.25) is 0 Å². The number of nitrogens with zero attached hydrogens (tertiary/aromatic N) is 1. The molecule has 0 amide bonds. The van der Waals surface area contributed by atoms with Crippen molar-refractivity contribution in [1.29, 1.82) is 0 Å². The van der Waals surface area contributed by atoms with Crippen molar-refractivity contribution < 1.29 is 5.11 Å². The zero-order valence-electron chi connectivity index (χ0n) is 10.3. The van der Waals surface area contributed by atoms with Gasteiger partial charge in [-0.2, -0.15) is 5.10 Å². The Labute approximate surface area is 125 Å². The molecule has 0 aliphatic heterocycles.